The second-order valence-electron chi connectivity index (χ2n) is 5.27. The predicted octanol–water partition coefficient (Wildman–Crippen LogP) is 4.01. The first-order valence-corrected chi connectivity index (χ1v) is 8.54. The van der Waals surface area contributed by atoms with Gasteiger partial charge in [-0.3, -0.25) is 4.72 Å². The lowest BCUT2D eigenvalue weighted by molar-refractivity contribution is -0.274. The summed E-state index contributed by atoms with van der Waals surface area (Å²) in [5.41, 5.74) is 1.09. The molecule has 0 unspecified atom stereocenters. The first-order chi connectivity index (χ1) is 11.5. The average Bonchev–Trinajstić information content (AvgIpc) is 2.46. The molecule has 25 heavy (non-hydrogen) atoms. The van der Waals surface area contributed by atoms with Crippen LogP contribution < -0.4 is 14.2 Å². The molecule has 0 radical (unpaired) electrons. The molecule has 0 atom stereocenters. The Morgan fingerprint density at radius 1 is 0.960 bits per heavy atom. The molecular weight excluding hydrogens is 359 g/mol. The van der Waals surface area contributed by atoms with Crippen molar-refractivity contribution in [3.8, 4) is 11.5 Å². The number of ether oxygens (including phenoxy) is 2. The van der Waals surface area contributed by atoms with Crippen molar-refractivity contribution >= 4 is 15.7 Å². The zero-order chi connectivity index (χ0) is 18.8. The molecular formula is C16H16F3NO4S. The summed E-state index contributed by atoms with van der Waals surface area (Å²) in [6.07, 6.45) is -4.81. The van der Waals surface area contributed by atoms with Gasteiger partial charge >= 0.3 is 6.36 Å². The molecule has 5 nitrogen and oxygen atoms in total. The van der Waals surface area contributed by atoms with Gasteiger partial charge in [-0.15, -0.1) is 13.2 Å². The number of benzene rings is 2. The van der Waals surface area contributed by atoms with Crippen molar-refractivity contribution in [1.29, 1.82) is 0 Å². The van der Waals surface area contributed by atoms with Crippen molar-refractivity contribution < 1.29 is 31.1 Å². The molecule has 136 valence electrons. The van der Waals surface area contributed by atoms with Gasteiger partial charge in [0.2, 0.25) is 0 Å². The largest absolute Gasteiger partial charge is 0.573 e. The third kappa shape index (κ3) is 4.79. The second-order valence-corrected chi connectivity index (χ2v) is 6.89. The summed E-state index contributed by atoms with van der Waals surface area (Å²) in [6.45, 7) is 3.26. The number of anilines is 1. The summed E-state index contributed by atoms with van der Waals surface area (Å²) >= 11 is 0. The van der Waals surface area contributed by atoms with Crippen LogP contribution in [0.4, 0.5) is 18.9 Å². The number of rotatable bonds is 5. The molecule has 0 saturated heterocycles. The van der Waals surface area contributed by atoms with Crippen LogP contribution >= 0.6 is 0 Å². The van der Waals surface area contributed by atoms with Gasteiger partial charge in [0.1, 0.15) is 11.5 Å². The highest BCUT2D eigenvalue weighted by molar-refractivity contribution is 7.92. The van der Waals surface area contributed by atoms with Crippen LogP contribution in [0.5, 0.6) is 11.5 Å². The Kier molecular flexibility index (Phi) is 5.17. The van der Waals surface area contributed by atoms with Gasteiger partial charge in [0.15, 0.2) is 0 Å². The Bertz CT molecular complexity index is 839. The monoisotopic (exact) mass is 375 g/mol. The van der Waals surface area contributed by atoms with Crippen LogP contribution in [0.2, 0.25) is 0 Å². The van der Waals surface area contributed by atoms with Crippen molar-refractivity contribution in [2.24, 2.45) is 0 Å². The Balaban J connectivity index is 2.28. The van der Waals surface area contributed by atoms with E-state index < -0.39 is 22.1 Å². The highest BCUT2D eigenvalue weighted by Gasteiger charge is 2.31. The highest BCUT2D eigenvalue weighted by atomic mass is 32.2. The topological polar surface area (TPSA) is 64.6 Å². The van der Waals surface area contributed by atoms with E-state index in [4.69, 9.17) is 4.74 Å². The molecule has 0 bridgehead atoms. The van der Waals surface area contributed by atoms with Gasteiger partial charge in [-0.1, -0.05) is 0 Å². The van der Waals surface area contributed by atoms with E-state index in [2.05, 4.69) is 9.46 Å². The third-order valence-electron chi connectivity index (χ3n) is 3.28. The molecule has 0 heterocycles. The van der Waals surface area contributed by atoms with Crippen molar-refractivity contribution in [2.75, 3.05) is 11.8 Å². The lowest BCUT2D eigenvalue weighted by atomic mass is 10.1. The Morgan fingerprint density at radius 3 is 1.92 bits per heavy atom. The number of sulfonamides is 1. The lowest BCUT2D eigenvalue weighted by Gasteiger charge is -2.15. The summed E-state index contributed by atoms with van der Waals surface area (Å²) < 4.78 is 72.8. The summed E-state index contributed by atoms with van der Waals surface area (Å²) in [5.74, 6) is 0.0925. The van der Waals surface area contributed by atoms with E-state index >= 15 is 0 Å². The van der Waals surface area contributed by atoms with Gasteiger partial charge in [0, 0.05) is 5.69 Å². The molecule has 0 spiro atoms. The number of halogens is 3. The van der Waals surface area contributed by atoms with Crippen molar-refractivity contribution in [3.05, 3.63) is 47.5 Å². The van der Waals surface area contributed by atoms with E-state index in [9.17, 15) is 21.6 Å². The minimum atomic E-state index is -4.81. The lowest BCUT2D eigenvalue weighted by Crippen LogP contribution is -2.17. The molecule has 2 aromatic rings. The maximum atomic E-state index is 12.6. The van der Waals surface area contributed by atoms with Crippen molar-refractivity contribution in [1.82, 2.24) is 0 Å². The van der Waals surface area contributed by atoms with E-state index in [1.807, 2.05) is 0 Å². The van der Waals surface area contributed by atoms with Crippen LogP contribution in [0, 0.1) is 13.8 Å². The third-order valence-corrected chi connectivity index (χ3v) is 4.96. The molecule has 0 aliphatic rings. The quantitative estimate of drug-likeness (QED) is 0.858. The van der Waals surface area contributed by atoms with Crippen LogP contribution in [0.25, 0.3) is 0 Å². The minimum Gasteiger partial charge on any atom is -0.497 e. The average molecular weight is 375 g/mol. The zero-order valence-electron chi connectivity index (χ0n) is 13.6. The number of hydrogen-bond donors (Lipinski definition) is 1. The fraction of sp³-hybridized carbons (Fsp3) is 0.250. The summed E-state index contributed by atoms with van der Waals surface area (Å²) in [7, 11) is -2.44. The molecule has 0 aliphatic heterocycles. The van der Waals surface area contributed by atoms with Crippen LogP contribution in [0.15, 0.2) is 41.3 Å². The number of aryl methyl sites for hydroxylation is 2. The fourth-order valence-electron chi connectivity index (χ4n) is 2.38. The standard InChI is InChI=1S/C16H16F3NO4S/c1-10-8-14(23-3)9-11(2)15(10)25(21,22)20-12-4-6-13(7-5-12)24-16(17,18)19/h4-9,20H,1-3H3. The summed E-state index contributed by atoms with van der Waals surface area (Å²) in [6, 6.07) is 7.60. The molecule has 0 saturated carbocycles. The Hall–Kier alpha value is -2.42. The van der Waals surface area contributed by atoms with E-state index in [1.165, 1.54) is 19.2 Å². The smallest absolute Gasteiger partial charge is 0.497 e. The molecule has 0 aliphatic carbocycles. The van der Waals surface area contributed by atoms with Crippen LogP contribution in [-0.2, 0) is 10.0 Å². The van der Waals surface area contributed by atoms with Gasteiger partial charge in [-0.25, -0.2) is 8.42 Å². The summed E-state index contributed by atoms with van der Waals surface area (Å²) in [5, 5.41) is 0. The van der Waals surface area contributed by atoms with Gasteiger partial charge in [0.05, 0.1) is 12.0 Å². The van der Waals surface area contributed by atoms with Crippen molar-refractivity contribution in [3.63, 3.8) is 0 Å². The van der Waals surface area contributed by atoms with Crippen molar-refractivity contribution in [2.45, 2.75) is 25.1 Å². The number of methoxy groups -OCH3 is 1. The van der Waals surface area contributed by atoms with Crippen LogP contribution in [0.3, 0.4) is 0 Å². The highest BCUT2D eigenvalue weighted by Crippen LogP contribution is 2.28. The van der Waals surface area contributed by atoms with E-state index in [0.29, 0.717) is 16.9 Å². The zero-order valence-corrected chi connectivity index (χ0v) is 14.5. The number of hydrogen-bond acceptors (Lipinski definition) is 4. The van der Waals surface area contributed by atoms with Gasteiger partial charge in [-0.05, 0) is 61.4 Å². The molecule has 0 aromatic heterocycles. The molecule has 0 fully saturated rings. The fourth-order valence-corrected chi connectivity index (χ4v) is 3.90. The van der Waals surface area contributed by atoms with Gasteiger partial charge in [-0.2, -0.15) is 0 Å². The Morgan fingerprint density at radius 2 is 1.48 bits per heavy atom. The van der Waals surface area contributed by atoms with E-state index in [0.717, 1.165) is 12.1 Å². The first kappa shape index (κ1) is 18.9. The molecule has 2 rings (SSSR count). The maximum absolute atomic E-state index is 12.6. The number of nitrogens with one attached hydrogen (secondary N) is 1. The van der Waals surface area contributed by atoms with Gasteiger partial charge < -0.3 is 9.47 Å². The Labute approximate surface area is 143 Å². The molecule has 2 aromatic carbocycles. The predicted molar refractivity (Wildman–Crippen MR) is 86.4 cm³/mol. The summed E-state index contributed by atoms with van der Waals surface area (Å²) in [4.78, 5) is 0.0870. The van der Waals surface area contributed by atoms with Gasteiger partial charge in [0.25, 0.3) is 10.0 Å². The minimum absolute atomic E-state index is 0.0870. The SMILES string of the molecule is COc1cc(C)c(S(=O)(=O)Nc2ccc(OC(F)(F)F)cc2)c(C)c1. The maximum Gasteiger partial charge on any atom is 0.573 e. The van der Waals surface area contributed by atoms with Crippen LogP contribution in [0.1, 0.15) is 11.1 Å². The second kappa shape index (κ2) is 6.83. The number of alkyl halides is 3. The normalized spacial score (nSPS) is 11.9. The van der Waals surface area contributed by atoms with Crippen LogP contribution in [-0.4, -0.2) is 21.9 Å². The van der Waals surface area contributed by atoms with E-state index in [-0.39, 0.29) is 10.6 Å². The first-order valence-electron chi connectivity index (χ1n) is 7.06. The molecule has 1 N–H and O–H groups in total. The molecule has 0 amide bonds. The van der Waals surface area contributed by atoms with E-state index in [1.54, 1.807) is 26.0 Å². The molecule has 9 heteroatoms.